The van der Waals surface area contributed by atoms with Gasteiger partial charge in [0.25, 0.3) is 0 Å². The van der Waals surface area contributed by atoms with E-state index in [1.165, 1.54) is 0 Å². The molecule has 2 aromatic heterocycles. The number of amides is 1. The molecule has 0 spiro atoms. The van der Waals surface area contributed by atoms with Crippen molar-refractivity contribution in [2.24, 2.45) is 0 Å². The number of nitrogens with zero attached hydrogens (tertiary/aromatic N) is 3. The molecule has 0 unspecified atom stereocenters. The first-order valence-corrected chi connectivity index (χ1v) is 8.57. The van der Waals surface area contributed by atoms with Crippen molar-refractivity contribution in [2.45, 2.75) is 19.5 Å². The van der Waals surface area contributed by atoms with Crippen LogP contribution >= 0.6 is 11.3 Å². The fourth-order valence-electron chi connectivity index (χ4n) is 2.37. The molecule has 0 aromatic carbocycles. The summed E-state index contributed by atoms with van der Waals surface area (Å²) in [4.78, 5) is 23.1. The van der Waals surface area contributed by atoms with Crippen molar-refractivity contribution < 1.29 is 9.53 Å². The Hall–Kier alpha value is -1.83. The van der Waals surface area contributed by atoms with Crippen molar-refractivity contribution in [3.05, 3.63) is 46.2 Å². The molecule has 6 nitrogen and oxygen atoms in total. The maximum absolute atomic E-state index is 12.0. The SMILES string of the molecule is O=C(Cc1csc(CN2CCOCC2)n1)NCc1ccccn1. The van der Waals surface area contributed by atoms with Gasteiger partial charge in [0.2, 0.25) is 5.91 Å². The number of thiazole rings is 1. The molecule has 3 heterocycles. The number of pyridine rings is 1. The molecule has 0 saturated carbocycles. The van der Waals surface area contributed by atoms with Crippen molar-refractivity contribution in [2.75, 3.05) is 26.3 Å². The highest BCUT2D eigenvalue weighted by Gasteiger charge is 2.13. The van der Waals surface area contributed by atoms with Gasteiger partial charge in [-0.2, -0.15) is 0 Å². The number of hydrogen-bond donors (Lipinski definition) is 1. The second-order valence-electron chi connectivity index (χ2n) is 5.40. The molecule has 1 fully saturated rings. The molecule has 122 valence electrons. The largest absolute Gasteiger partial charge is 0.379 e. The third kappa shape index (κ3) is 5.09. The third-order valence-electron chi connectivity index (χ3n) is 3.60. The van der Waals surface area contributed by atoms with Crippen LogP contribution in [-0.2, 0) is 29.0 Å². The summed E-state index contributed by atoms with van der Waals surface area (Å²) in [5, 5.41) is 5.90. The lowest BCUT2D eigenvalue weighted by Crippen LogP contribution is -2.35. The molecule has 0 aliphatic carbocycles. The van der Waals surface area contributed by atoms with Gasteiger partial charge in [0, 0.05) is 24.7 Å². The molecule has 7 heteroatoms. The summed E-state index contributed by atoms with van der Waals surface area (Å²) in [6.07, 6.45) is 2.03. The van der Waals surface area contributed by atoms with E-state index < -0.39 is 0 Å². The number of ether oxygens (including phenoxy) is 1. The molecule has 3 rings (SSSR count). The average molecular weight is 332 g/mol. The predicted molar refractivity (Wildman–Crippen MR) is 88.0 cm³/mol. The molecule has 1 amide bonds. The first-order chi connectivity index (χ1) is 11.3. The first-order valence-electron chi connectivity index (χ1n) is 7.69. The van der Waals surface area contributed by atoms with Gasteiger partial charge in [0.15, 0.2) is 0 Å². The van der Waals surface area contributed by atoms with Crippen LogP contribution < -0.4 is 5.32 Å². The van der Waals surface area contributed by atoms with E-state index in [9.17, 15) is 4.79 Å². The number of carbonyl (C=O) groups excluding carboxylic acids is 1. The standard InChI is InChI=1S/C16H20N4O2S/c21-15(18-10-13-3-1-2-4-17-13)9-14-12-23-16(19-14)11-20-5-7-22-8-6-20/h1-4,12H,5-11H2,(H,18,21). The Morgan fingerprint density at radius 3 is 2.96 bits per heavy atom. The normalized spacial score (nSPS) is 15.5. The van der Waals surface area contributed by atoms with Crippen LogP contribution in [0, 0.1) is 0 Å². The topological polar surface area (TPSA) is 67.4 Å². The number of rotatable bonds is 6. The Balaban J connectivity index is 1.45. The Kier molecular flexibility index (Phi) is 5.68. The van der Waals surface area contributed by atoms with Crippen molar-refractivity contribution in [1.29, 1.82) is 0 Å². The molecule has 1 aliphatic heterocycles. The molecule has 1 N–H and O–H groups in total. The van der Waals surface area contributed by atoms with E-state index in [0.717, 1.165) is 49.2 Å². The number of aromatic nitrogens is 2. The Morgan fingerprint density at radius 2 is 2.17 bits per heavy atom. The van der Waals surface area contributed by atoms with E-state index in [0.29, 0.717) is 13.0 Å². The van der Waals surface area contributed by atoms with Gasteiger partial charge >= 0.3 is 0 Å². The Bertz CT molecular complexity index is 626. The van der Waals surface area contributed by atoms with E-state index in [-0.39, 0.29) is 5.91 Å². The van der Waals surface area contributed by atoms with E-state index in [2.05, 4.69) is 20.2 Å². The van der Waals surface area contributed by atoms with Crippen LogP contribution in [0.3, 0.4) is 0 Å². The molecular weight excluding hydrogens is 312 g/mol. The van der Waals surface area contributed by atoms with Crippen molar-refractivity contribution in [1.82, 2.24) is 20.2 Å². The van der Waals surface area contributed by atoms with Crippen LogP contribution in [0.25, 0.3) is 0 Å². The molecule has 23 heavy (non-hydrogen) atoms. The highest BCUT2D eigenvalue weighted by Crippen LogP contribution is 2.14. The maximum Gasteiger partial charge on any atom is 0.226 e. The molecule has 0 bridgehead atoms. The molecular formula is C16H20N4O2S. The number of nitrogens with one attached hydrogen (secondary N) is 1. The van der Waals surface area contributed by atoms with Crippen molar-refractivity contribution in [3.63, 3.8) is 0 Å². The lowest BCUT2D eigenvalue weighted by Gasteiger charge is -2.25. The minimum atomic E-state index is -0.0288. The summed E-state index contributed by atoms with van der Waals surface area (Å²) >= 11 is 1.61. The monoisotopic (exact) mass is 332 g/mol. The van der Waals surface area contributed by atoms with Crippen molar-refractivity contribution >= 4 is 17.2 Å². The second kappa shape index (κ2) is 8.14. The van der Waals surface area contributed by atoms with E-state index in [1.807, 2.05) is 23.6 Å². The molecule has 1 aliphatic rings. The van der Waals surface area contributed by atoms with E-state index in [4.69, 9.17) is 4.74 Å². The zero-order valence-corrected chi connectivity index (χ0v) is 13.7. The van der Waals surface area contributed by atoms with Crippen LogP contribution in [0.2, 0.25) is 0 Å². The quantitative estimate of drug-likeness (QED) is 0.862. The molecule has 2 aromatic rings. The zero-order chi connectivity index (χ0) is 15.9. The highest BCUT2D eigenvalue weighted by molar-refractivity contribution is 7.09. The molecule has 1 saturated heterocycles. The van der Waals surface area contributed by atoms with E-state index >= 15 is 0 Å². The number of carbonyl (C=O) groups is 1. The summed E-state index contributed by atoms with van der Waals surface area (Å²) in [6.45, 7) is 4.75. The van der Waals surface area contributed by atoms with Gasteiger partial charge in [-0.15, -0.1) is 11.3 Å². The summed E-state index contributed by atoms with van der Waals surface area (Å²) in [7, 11) is 0. The fraction of sp³-hybridized carbons (Fsp3) is 0.438. The highest BCUT2D eigenvalue weighted by atomic mass is 32.1. The summed E-state index contributed by atoms with van der Waals surface area (Å²) in [6, 6.07) is 5.66. The van der Waals surface area contributed by atoms with E-state index in [1.54, 1.807) is 17.5 Å². The van der Waals surface area contributed by atoms with Gasteiger partial charge < -0.3 is 10.1 Å². The smallest absolute Gasteiger partial charge is 0.226 e. The minimum Gasteiger partial charge on any atom is -0.379 e. The van der Waals surface area contributed by atoms with Crippen LogP contribution in [0.4, 0.5) is 0 Å². The average Bonchev–Trinajstić information content (AvgIpc) is 3.02. The Labute approximate surface area is 139 Å². The van der Waals surface area contributed by atoms with Gasteiger partial charge in [-0.05, 0) is 12.1 Å². The van der Waals surface area contributed by atoms with Crippen LogP contribution in [0.5, 0.6) is 0 Å². The molecule has 0 radical (unpaired) electrons. The van der Waals surface area contributed by atoms with Crippen molar-refractivity contribution in [3.8, 4) is 0 Å². The third-order valence-corrected chi connectivity index (χ3v) is 4.48. The summed E-state index contributed by atoms with van der Waals surface area (Å²) < 4.78 is 5.34. The van der Waals surface area contributed by atoms with Gasteiger partial charge in [-0.25, -0.2) is 4.98 Å². The van der Waals surface area contributed by atoms with Crippen LogP contribution in [-0.4, -0.2) is 47.1 Å². The van der Waals surface area contributed by atoms with Gasteiger partial charge in [0.1, 0.15) is 5.01 Å². The van der Waals surface area contributed by atoms with Crippen LogP contribution in [0.1, 0.15) is 16.4 Å². The predicted octanol–water partition coefficient (Wildman–Crippen LogP) is 1.23. The second-order valence-corrected chi connectivity index (χ2v) is 6.34. The lowest BCUT2D eigenvalue weighted by molar-refractivity contribution is -0.120. The zero-order valence-electron chi connectivity index (χ0n) is 12.9. The van der Waals surface area contributed by atoms with Gasteiger partial charge in [-0.3, -0.25) is 14.7 Å². The van der Waals surface area contributed by atoms with Gasteiger partial charge in [0.05, 0.1) is 44.1 Å². The summed E-state index contributed by atoms with van der Waals surface area (Å²) in [5.74, 6) is -0.0288. The maximum atomic E-state index is 12.0. The fourth-order valence-corrected chi connectivity index (χ4v) is 3.21. The number of hydrogen-bond acceptors (Lipinski definition) is 6. The summed E-state index contributed by atoms with van der Waals surface area (Å²) in [5.41, 5.74) is 1.68. The van der Waals surface area contributed by atoms with Gasteiger partial charge in [-0.1, -0.05) is 6.07 Å². The lowest BCUT2D eigenvalue weighted by atomic mass is 10.3. The minimum absolute atomic E-state index is 0.0288. The van der Waals surface area contributed by atoms with Crippen LogP contribution in [0.15, 0.2) is 29.8 Å². The number of morpholine rings is 1. The Morgan fingerprint density at radius 1 is 1.30 bits per heavy atom. The first kappa shape index (κ1) is 16.0. The molecule has 0 atom stereocenters.